The highest BCUT2D eigenvalue weighted by Gasteiger charge is 2.16. The summed E-state index contributed by atoms with van der Waals surface area (Å²) in [6, 6.07) is 6.51. The summed E-state index contributed by atoms with van der Waals surface area (Å²) in [5, 5.41) is 4.43. The molecule has 1 fully saturated rings. The minimum atomic E-state index is 0.428. The van der Waals surface area contributed by atoms with Gasteiger partial charge in [0.15, 0.2) is 0 Å². The van der Waals surface area contributed by atoms with E-state index < -0.39 is 0 Å². The fourth-order valence-corrected chi connectivity index (χ4v) is 2.70. The lowest BCUT2D eigenvalue weighted by Gasteiger charge is -2.17. The minimum absolute atomic E-state index is 0.428. The molecule has 1 aliphatic rings. The van der Waals surface area contributed by atoms with E-state index in [4.69, 9.17) is 11.6 Å². The summed E-state index contributed by atoms with van der Waals surface area (Å²) in [6.45, 7) is 1.10. The lowest BCUT2D eigenvalue weighted by molar-refractivity contribution is 0.535. The zero-order valence-electron chi connectivity index (χ0n) is 8.60. The summed E-state index contributed by atoms with van der Waals surface area (Å²) < 4.78 is 1.10. The molecule has 1 aromatic carbocycles. The van der Waals surface area contributed by atoms with Gasteiger partial charge in [0.25, 0.3) is 0 Å². The van der Waals surface area contributed by atoms with Gasteiger partial charge in [-0.2, -0.15) is 0 Å². The molecule has 1 atom stereocenters. The molecule has 0 aromatic heterocycles. The first kappa shape index (κ1) is 11.4. The van der Waals surface area contributed by atoms with Crippen molar-refractivity contribution in [2.45, 2.75) is 31.7 Å². The van der Waals surface area contributed by atoms with Crippen molar-refractivity contribution in [1.29, 1.82) is 0 Å². The molecule has 1 unspecified atom stereocenters. The Morgan fingerprint density at radius 2 is 2.13 bits per heavy atom. The molecule has 0 aliphatic carbocycles. The normalized spacial score (nSPS) is 22.4. The van der Waals surface area contributed by atoms with Crippen molar-refractivity contribution in [3.8, 4) is 0 Å². The quantitative estimate of drug-likeness (QED) is 0.812. The summed E-state index contributed by atoms with van der Waals surface area (Å²) in [5.41, 5.74) is 1.23. The number of rotatable bonds is 1. The first-order valence-electron chi connectivity index (χ1n) is 5.46. The van der Waals surface area contributed by atoms with Crippen LogP contribution in [0.25, 0.3) is 0 Å². The maximum Gasteiger partial charge on any atom is 0.0454 e. The summed E-state index contributed by atoms with van der Waals surface area (Å²) in [4.78, 5) is 0. The number of hydrogen-bond acceptors (Lipinski definition) is 1. The molecular formula is C12H15BrClN. The van der Waals surface area contributed by atoms with Gasteiger partial charge in [-0.1, -0.05) is 40.4 Å². The van der Waals surface area contributed by atoms with Crippen LogP contribution in [-0.2, 0) is 0 Å². The van der Waals surface area contributed by atoms with E-state index in [1.54, 1.807) is 0 Å². The van der Waals surface area contributed by atoms with Crippen molar-refractivity contribution in [3.05, 3.63) is 33.3 Å². The van der Waals surface area contributed by atoms with E-state index in [1.165, 1.54) is 31.2 Å². The molecule has 1 heterocycles. The first-order valence-corrected chi connectivity index (χ1v) is 6.63. The van der Waals surface area contributed by atoms with Crippen LogP contribution in [0.2, 0.25) is 5.02 Å². The standard InChI is InChI=1S/C12H15BrClN/c13-9-5-6-11(14)10(8-9)12-4-2-1-3-7-15-12/h5-6,8,12,15H,1-4,7H2. The molecule has 1 nitrogen and oxygen atoms in total. The molecule has 2 rings (SSSR count). The van der Waals surface area contributed by atoms with Crippen molar-refractivity contribution >= 4 is 27.5 Å². The number of nitrogens with one attached hydrogen (secondary N) is 1. The van der Waals surface area contributed by atoms with Crippen molar-refractivity contribution in [2.75, 3.05) is 6.54 Å². The van der Waals surface area contributed by atoms with Gasteiger partial charge in [0.05, 0.1) is 0 Å². The third-order valence-electron chi connectivity index (χ3n) is 2.89. The Labute approximate surface area is 104 Å². The Balaban J connectivity index is 2.22. The van der Waals surface area contributed by atoms with E-state index >= 15 is 0 Å². The van der Waals surface area contributed by atoms with Gasteiger partial charge in [0, 0.05) is 15.5 Å². The summed E-state index contributed by atoms with van der Waals surface area (Å²) in [5.74, 6) is 0. The zero-order chi connectivity index (χ0) is 10.7. The lowest BCUT2D eigenvalue weighted by atomic mass is 10.0. The van der Waals surface area contributed by atoms with E-state index in [2.05, 4.69) is 27.3 Å². The molecular weight excluding hydrogens is 273 g/mol. The largest absolute Gasteiger partial charge is 0.310 e. The van der Waals surface area contributed by atoms with Crippen molar-refractivity contribution < 1.29 is 0 Å². The second kappa shape index (κ2) is 5.33. The lowest BCUT2D eigenvalue weighted by Crippen LogP contribution is -2.20. The molecule has 3 heteroatoms. The second-order valence-electron chi connectivity index (χ2n) is 4.02. The molecule has 1 saturated heterocycles. The molecule has 0 saturated carbocycles. The summed E-state index contributed by atoms with van der Waals surface area (Å²) >= 11 is 9.72. The molecule has 0 radical (unpaired) electrons. The molecule has 0 amide bonds. The zero-order valence-corrected chi connectivity index (χ0v) is 10.9. The van der Waals surface area contributed by atoms with Crippen molar-refractivity contribution in [2.24, 2.45) is 0 Å². The summed E-state index contributed by atoms with van der Waals surface area (Å²) in [6.07, 6.45) is 5.09. The topological polar surface area (TPSA) is 12.0 Å². The molecule has 82 valence electrons. The molecule has 1 aliphatic heterocycles. The molecule has 0 bridgehead atoms. The fourth-order valence-electron chi connectivity index (χ4n) is 2.08. The van der Waals surface area contributed by atoms with Crippen LogP contribution in [0.4, 0.5) is 0 Å². The van der Waals surface area contributed by atoms with E-state index in [9.17, 15) is 0 Å². The average Bonchev–Trinajstić information content (AvgIpc) is 2.50. The highest BCUT2D eigenvalue weighted by Crippen LogP contribution is 2.30. The van der Waals surface area contributed by atoms with Crippen LogP contribution in [0.5, 0.6) is 0 Å². The van der Waals surface area contributed by atoms with Crippen molar-refractivity contribution in [1.82, 2.24) is 5.32 Å². The smallest absolute Gasteiger partial charge is 0.0454 e. The highest BCUT2D eigenvalue weighted by atomic mass is 79.9. The van der Waals surface area contributed by atoms with Gasteiger partial charge in [-0.25, -0.2) is 0 Å². The predicted molar refractivity (Wildman–Crippen MR) is 68.4 cm³/mol. The van der Waals surface area contributed by atoms with E-state index in [-0.39, 0.29) is 0 Å². The van der Waals surface area contributed by atoms with Crippen LogP contribution in [-0.4, -0.2) is 6.54 Å². The SMILES string of the molecule is Clc1ccc(Br)cc1C1CCCCCN1. The summed E-state index contributed by atoms with van der Waals surface area (Å²) in [7, 11) is 0. The minimum Gasteiger partial charge on any atom is -0.310 e. The van der Waals surface area contributed by atoms with Gasteiger partial charge >= 0.3 is 0 Å². The maximum atomic E-state index is 6.22. The predicted octanol–water partition coefficient (Wildman–Crippen LogP) is 4.31. The van der Waals surface area contributed by atoms with Gasteiger partial charge in [0.2, 0.25) is 0 Å². The Hall–Kier alpha value is -0.0500. The number of halogens is 2. The monoisotopic (exact) mass is 287 g/mol. The Morgan fingerprint density at radius 3 is 3.00 bits per heavy atom. The third kappa shape index (κ3) is 2.96. The van der Waals surface area contributed by atoms with Gasteiger partial charge in [0.1, 0.15) is 0 Å². The maximum absolute atomic E-state index is 6.22. The number of benzene rings is 1. The third-order valence-corrected chi connectivity index (χ3v) is 3.73. The Morgan fingerprint density at radius 1 is 1.27 bits per heavy atom. The van der Waals surface area contributed by atoms with Crippen LogP contribution < -0.4 is 5.32 Å². The van der Waals surface area contributed by atoms with E-state index in [0.29, 0.717) is 6.04 Å². The first-order chi connectivity index (χ1) is 7.27. The second-order valence-corrected chi connectivity index (χ2v) is 5.34. The van der Waals surface area contributed by atoms with Crippen LogP contribution in [0, 0.1) is 0 Å². The van der Waals surface area contributed by atoms with E-state index in [1.807, 2.05) is 12.1 Å². The Bertz CT molecular complexity index is 332. The van der Waals surface area contributed by atoms with E-state index in [0.717, 1.165) is 16.0 Å². The van der Waals surface area contributed by atoms with Crippen LogP contribution in [0.1, 0.15) is 37.3 Å². The molecule has 0 spiro atoms. The van der Waals surface area contributed by atoms with Crippen LogP contribution in [0.3, 0.4) is 0 Å². The molecule has 15 heavy (non-hydrogen) atoms. The van der Waals surface area contributed by atoms with Gasteiger partial charge in [-0.3, -0.25) is 0 Å². The highest BCUT2D eigenvalue weighted by molar-refractivity contribution is 9.10. The fraction of sp³-hybridized carbons (Fsp3) is 0.500. The van der Waals surface area contributed by atoms with Gasteiger partial charge in [-0.05, 0) is 43.1 Å². The Kier molecular flexibility index (Phi) is 4.06. The average molecular weight is 289 g/mol. The molecule has 1 N–H and O–H groups in total. The van der Waals surface area contributed by atoms with Crippen molar-refractivity contribution in [3.63, 3.8) is 0 Å². The van der Waals surface area contributed by atoms with Gasteiger partial charge < -0.3 is 5.32 Å². The van der Waals surface area contributed by atoms with Crippen LogP contribution in [0.15, 0.2) is 22.7 Å². The number of hydrogen-bond donors (Lipinski definition) is 1. The van der Waals surface area contributed by atoms with Gasteiger partial charge in [-0.15, -0.1) is 0 Å². The molecule has 1 aromatic rings. The van der Waals surface area contributed by atoms with Crippen LogP contribution >= 0.6 is 27.5 Å².